The van der Waals surface area contributed by atoms with Gasteiger partial charge in [0.1, 0.15) is 5.75 Å². The van der Waals surface area contributed by atoms with Gasteiger partial charge in [-0.3, -0.25) is 10.1 Å². The van der Waals surface area contributed by atoms with Crippen molar-refractivity contribution in [3.05, 3.63) is 39.4 Å². The molecular formula is C14H17NO3. The number of rotatable bonds is 3. The summed E-state index contributed by atoms with van der Waals surface area (Å²) in [4.78, 5) is 10.7. The molecule has 0 unspecified atom stereocenters. The summed E-state index contributed by atoms with van der Waals surface area (Å²) in [7, 11) is 1.51. The first-order valence-corrected chi connectivity index (χ1v) is 6.22. The fourth-order valence-corrected chi connectivity index (χ4v) is 2.30. The molecule has 0 aromatic heterocycles. The Kier molecular flexibility index (Phi) is 3.97. The molecule has 0 spiro atoms. The number of hydrogen-bond donors (Lipinski definition) is 0. The molecule has 0 bridgehead atoms. The van der Waals surface area contributed by atoms with Gasteiger partial charge in [0.15, 0.2) is 0 Å². The van der Waals surface area contributed by atoms with Crippen LogP contribution in [0.5, 0.6) is 5.75 Å². The van der Waals surface area contributed by atoms with Crippen molar-refractivity contribution in [2.45, 2.75) is 32.1 Å². The molecule has 4 nitrogen and oxygen atoms in total. The van der Waals surface area contributed by atoms with E-state index in [1.807, 2.05) is 6.08 Å². The Hall–Kier alpha value is -1.84. The van der Waals surface area contributed by atoms with Crippen LogP contribution in [0.4, 0.5) is 5.69 Å². The van der Waals surface area contributed by atoms with Crippen molar-refractivity contribution in [1.82, 2.24) is 0 Å². The monoisotopic (exact) mass is 247 g/mol. The zero-order valence-electron chi connectivity index (χ0n) is 10.5. The van der Waals surface area contributed by atoms with Gasteiger partial charge in [-0.25, -0.2) is 0 Å². The van der Waals surface area contributed by atoms with E-state index in [4.69, 9.17) is 4.74 Å². The molecule has 4 heteroatoms. The third-order valence-electron chi connectivity index (χ3n) is 3.29. The van der Waals surface area contributed by atoms with Gasteiger partial charge in [-0.1, -0.05) is 12.0 Å². The molecule has 0 radical (unpaired) electrons. The SMILES string of the molecule is COc1ccc(C=C2CCCCC2)c([N+](=O)[O-])c1. The Bertz CT molecular complexity index is 472. The summed E-state index contributed by atoms with van der Waals surface area (Å²) in [6, 6.07) is 5.01. The van der Waals surface area contributed by atoms with Crippen LogP contribution < -0.4 is 4.74 Å². The highest BCUT2D eigenvalue weighted by Crippen LogP contribution is 2.30. The maximum Gasteiger partial charge on any atom is 0.280 e. The lowest BCUT2D eigenvalue weighted by molar-refractivity contribution is -0.385. The molecule has 18 heavy (non-hydrogen) atoms. The van der Waals surface area contributed by atoms with Crippen LogP contribution >= 0.6 is 0 Å². The zero-order chi connectivity index (χ0) is 13.0. The summed E-state index contributed by atoms with van der Waals surface area (Å²) in [5, 5.41) is 11.1. The standard InChI is InChI=1S/C14H17NO3/c1-18-13-8-7-12(14(10-13)15(16)17)9-11-5-3-2-4-6-11/h7-10H,2-6H2,1H3. The third kappa shape index (κ3) is 2.88. The topological polar surface area (TPSA) is 52.4 Å². The summed E-state index contributed by atoms with van der Waals surface area (Å²) in [6.07, 6.45) is 7.73. The summed E-state index contributed by atoms with van der Waals surface area (Å²) >= 11 is 0. The van der Waals surface area contributed by atoms with E-state index >= 15 is 0 Å². The molecule has 0 heterocycles. The van der Waals surface area contributed by atoms with E-state index in [-0.39, 0.29) is 10.6 Å². The number of ether oxygens (including phenoxy) is 1. The summed E-state index contributed by atoms with van der Waals surface area (Å²) in [6.45, 7) is 0. The van der Waals surface area contributed by atoms with E-state index in [9.17, 15) is 10.1 Å². The van der Waals surface area contributed by atoms with Crippen molar-refractivity contribution >= 4 is 11.8 Å². The highest BCUT2D eigenvalue weighted by molar-refractivity contribution is 5.64. The first-order valence-electron chi connectivity index (χ1n) is 6.22. The quantitative estimate of drug-likeness (QED) is 0.600. The lowest BCUT2D eigenvalue weighted by atomic mass is 9.93. The van der Waals surface area contributed by atoms with Gasteiger partial charge in [-0.05, 0) is 43.9 Å². The largest absolute Gasteiger partial charge is 0.497 e. The van der Waals surface area contributed by atoms with Crippen LogP contribution in [0.15, 0.2) is 23.8 Å². The second-order valence-corrected chi connectivity index (χ2v) is 4.55. The van der Waals surface area contributed by atoms with Gasteiger partial charge in [0.2, 0.25) is 0 Å². The van der Waals surface area contributed by atoms with Gasteiger partial charge in [0, 0.05) is 0 Å². The molecule has 1 aliphatic carbocycles. The van der Waals surface area contributed by atoms with Crippen molar-refractivity contribution in [3.63, 3.8) is 0 Å². The molecule has 0 atom stereocenters. The molecule has 1 saturated carbocycles. The van der Waals surface area contributed by atoms with Crippen molar-refractivity contribution in [1.29, 1.82) is 0 Å². The molecule has 96 valence electrons. The van der Waals surface area contributed by atoms with Crippen LogP contribution in [0.3, 0.4) is 0 Å². The molecule has 1 aromatic rings. The van der Waals surface area contributed by atoms with E-state index in [0.717, 1.165) is 12.8 Å². The molecular weight excluding hydrogens is 230 g/mol. The average Bonchev–Trinajstić information content (AvgIpc) is 2.40. The average molecular weight is 247 g/mol. The first kappa shape index (κ1) is 12.6. The minimum Gasteiger partial charge on any atom is -0.497 e. The van der Waals surface area contributed by atoms with Gasteiger partial charge in [-0.2, -0.15) is 0 Å². The molecule has 0 amide bonds. The Morgan fingerprint density at radius 2 is 2.00 bits per heavy atom. The van der Waals surface area contributed by atoms with Crippen LogP contribution in [0.2, 0.25) is 0 Å². The van der Waals surface area contributed by atoms with E-state index < -0.39 is 0 Å². The smallest absolute Gasteiger partial charge is 0.280 e. The number of allylic oxidation sites excluding steroid dienone is 1. The second kappa shape index (κ2) is 5.67. The second-order valence-electron chi connectivity index (χ2n) is 4.55. The molecule has 1 aliphatic rings. The fraction of sp³-hybridized carbons (Fsp3) is 0.429. The Balaban J connectivity index is 2.34. The van der Waals surface area contributed by atoms with Crippen molar-refractivity contribution in [2.24, 2.45) is 0 Å². The van der Waals surface area contributed by atoms with Gasteiger partial charge in [0.25, 0.3) is 5.69 Å². The molecule has 1 aromatic carbocycles. The van der Waals surface area contributed by atoms with E-state index in [1.165, 1.54) is 38.0 Å². The van der Waals surface area contributed by atoms with E-state index in [2.05, 4.69) is 0 Å². The Morgan fingerprint density at radius 1 is 1.28 bits per heavy atom. The number of hydrogen-bond acceptors (Lipinski definition) is 3. The number of nitro groups is 1. The minimum atomic E-state index is -0.349. The predicted octanol–water partition coefficient (Wildman–Crippen LogP) is 3.95. The Morgan fingerprint density at radius 3 is 2.61 bits per heavy atom. The van der Waals surface area contributed by atoms with Gasteiger partial charge in [-0.15, -0.1) is 0 Å². The normalized spacial score (nSPS) is 15.3. The van der Waals surface area contributed by atoms with Crippen LogP contribution in [-0.2, 0) is 0 Å². The summed E-state index contributed by atoms with van der Waals surface area (Å²) in [5.41, 5.74) is 2.11. The van der Waals surface area contributed by atoms with E-state index in [1.54, 1.807) is 12.1 Å². The fourth-order valence-electron chi connectivity index (χ4n) is 2.30. The molecule has 2 rings (SSSR count). The highest BCUT2D eigenvalue weighted by atomic mass is 16.6. The molecule has 0 N–H and O–H groups in total. The maximum atomic E-state index is 11.1. The first-order chi connectivity index (χ1) is 8.70. The van der Waals surface area contributed by atoms with Crippen molar-refractivity contribution in [2.75, 3.05) is 7.11 Å². The van der Waals surface area contributed by atoms with Crippen LogP contribution in [0.25, 0.3) is 6.08 Å². The van der Waals surface area contributed by atoms with Gasteiger partial charge in [0.05, 0.1) is 23.7 Å². The molecule has 1 fully saturated rings. The maximum absolute atomic E-state index is 11.1. The molecule has 0 saturated heterocycles. The van der Waals surface area contributed by atoms with Crippen LogP contribution in [0.1, 0.15) is 37.7 Å². The Labute approximate surface area is 106 Å². The zero-order valence-corrected chi connectivity index (χ0v) is 10.5. The van der Waals surface area contributed by atoms with E-state index in [0.29, 0.717) is 11.3 Å². The number of nitrogens with zero attached hydrogens (tertiary/aromatic N) is 1. The van der Waals surface area contributed by atoms with Crippen molar-refractivity contribution in [3.8, 4) is 5.75 Å². The lowest BCUT2D eigenvalue weighted by Crippen LogP contribution is -1.96. The van der Waals surface area contributed by atoms with Crippen LogP contribution in [-0.4, -0.2) is 12.0 Å². The number of benzene rings is 1. The third-order valence-corrected chi connectivity index (χ3v) is 3.29. The molecule has 0 aliphatic heterocycles. The van der Waals surface area contributed by atoms with Gasteiger partial charge < -0.3 is 4.74 Å². The van der Waals surface area contributed by atoms with Crippen molar-refractivity contribution < 1.29 is 9.66 Å². The summed E-state index contributed by atoms with van der Waals surface area (Å²) < 4.78 is 5.02. The predicted molar refractivity (Wildman–Crippen MR) is 70.7 cm³/mol. The number of nitro benzene ring substituents is 1. The van der Waals surface area contributed by atoms with Crippen LogP contribution in [0, 0.1) is 10.1 Å². The lowest BCUT2D eigenvalue weighted by Gasteiger charge is -2.13. The summed E-state index contributed by atoms with van der Waals surface area (Å²) in [5.74, 6) is 0.521. The minimum absolute atomic E-state index is 0.118. The van der Waals surface area contributed by atoms with Gasteiger partial charge >= 0.3 is 0 Å². The highest BCUT2D eigenvalue weighted by Gasteiger charge is 2.14. The number of methoxy groups -OCH3 is 1.